The SMILES string of the molecule is Cc1nn(CN2CCC[C@H]2c2ccsc2)c(=O)c2noc(C)c12. The molecule has 0 unspecified atom stereocenters. The van der Waals surface area contributed by atoms with Crippen molar-refractivity contribution < 1.29 is 4.52 Å². The highest BCUT2D eigenvalue weighted by Crippen LogP contribution is 2.33. The molecule has 0 N–H and O–H groups in total. The Morgan fingerprint density at radius 2 is 2.30 bits per heavy atom. The predicted octanol–water partition coefficient (Wildman–Crippen LogP) is 2.86. The van der Waals surface area contributed by atoms with Crippen LogP contribution >= 0.6 is 11.3 Å². The Labute approximate surface area is 137 Å². The molecule has 0 bridgehead atoms. The Bertz CT molecular complexity index is 897. The number of fused-ring (bicyclic) bond motifs is 1. The van der Waals surface area contributed by atoms with E-state index in [0.29, 0.717) is 24.0 Å². The van der Waals surface area contributed by atoms with Crippen LogP contribution in [0.15, 0.2) is 26.1 Å². The topological polar surface area (TPSA) is 64.2 Å². The standard InChI is InChI=1S/C16H18N4O2S/c1-10-14-11(2)22-18-15(14)16(21)20(17-10)9-19-6-3-4-13(19)12-5-7-23-8-12/h5,7-8,13H,3-4,6,9H2,1-2H3/t13-/m0/s1. The van der Waals surface area contributed by atoms with Crippen molar-refractivity contribution in [2.24, 2.45) is 0 Å². The molecule has 1 aliphatic heterocycles. The van der Waals surface area contributed by atoms with Gasteiger partial charge in [-0.25, -0.2) is 4.68 Å². The summed E-state index contributed by atoms with van der Waals surface area (Å²) < 4.78 is 6.68. The first-order valence-corrected chi connectivity index (χ1v) is 8.69. The number of aryl methyl sites for hydroxylation is 2. The molecule has 120 valence electrons. The van der Waals surface area contributed by atoms with E-state index in [4.69, 9.17) is 4.52 Å². The van der Waals surface area contributed by atoms with Gasteiger partial charge in [0.2, 0.25) is 0 Å². The molecule has 0 saturated carbocycles. The molecular formula is C16H18N4O2S. The molecule has 3 aromatic heterocycles. The van der Waals surface area contributed by atoms with E-state index in [1.807, 2.05) is 6.92 Å². The van der Waals surface area contributed by atoms with Gasteiger partial charge in [0.15, 0.2) is 5.52 Å². The second-order valence-corrected chi connectivity index (χ2v) is 6.80. The Morgan fingerprint density at radius 3 is 3.09 bits per heavy atom. The van der Waals surface area contributed by atoms with Crippen molar-refractivity contribution in [3.8, 4) is 0 Å². The van der Waals surface area contributed by atoms with E-state index in [1.165, 1.54) is 10.2 Å². The van der Waals surface area contributed by atoms with Crippen LogP contribution in [0.5, 0.6) is 0 Å². The van der Waals surface area contributed by atoms with E-state index in [2.05, 4.69) is 32.0 Å². The van der Waals surface area contributed by atoms with Crippen LogP contribution in [-0.2, 0) is 6.67 Å². The summed E-state index contributed by atoms with van der Waals surface area (Å²) in [7, 11) is 0. The number of thiophene rings is 1. The van der Waals surface area contributed by atoms with Crippen LogP contribution < -0.4 is 5.56 Å². The maximum Gasteiger partial charge on any atom is 0.298 e. The molecule has 0 aromatic carbocycles. The first-order valence-electron chi connectivity index (χ1n) is 7.75. The number of likely N-dealkylation sites (tertiary alicyclic amines) is 1. The predicted molar refractivity (Wildman–Crippen MR) is 88.5 cm³/mol. The van der Waals surface area contributed by atoms with E-state index in [-0.39, 0.29) is 5.56 Å². The van der Waals surface area contributed by atoms with Gasteiger partial charge in [-0.3, -0.25) is 9.69 Å². The number of hydrogen-bond donors (Lipinski definition) is 0. The summed E-state index contributed by atoms with van der Waals surface area (Å²) in [5.41, 5.74) is 2.31. The summed E-state index contributed by atoms with van der Waals surface area (Å²) in [5, 5.41) is 13.4. The summed E-state index contributed by atoms with van der Waals surface area (Å²) >= 11 is 1.71. The van der Waals surface area contributed by atoms with Crippen molar-refractivity contribution in [2.75, 3.05) is 6.54 Å². The van der Waals surface area contributed by atoms with Crippen LogP contribution in [0.4, 0.5) is 0 Å². The van der Waals surface area contributed by atoms with Gasteiger partial charge in [0, 0.05) is 12.6 Å². The zero-order valence-corrected chi connectivity index (χ0v) is 14.0. The summed E-state index contributed by atoms with van der Waals surface area (Å²) in [6.45, 7) is 5.16. The van der Waals surface area contributed by atoms with Gasteiger partial charge < -0.3 is 4.52 Å². The molecule has 3 aromatic rings. The average molecular weight is 330 g/mol. The Balaban J connectivity index is 1.70. The zero-order valence-electron chi connectivity index (χ0n) is 13.2. The van der Waals surface area contributed by atoms with Gasteiger partial charge >= 0.3 is 0 Å². The summed E-state index contributed by atoms with van der Waals surface area (Å²) in [6.07, 6.45) is 2.26. The molecule has 0 spiro atoms. The van der Waals surface area contributed by atoms with Crippen LogP contribution in [0.25, 0.3) is 10.9 Å². The van der Waals surface area contributed by atoms with Gasteiger partial charge in [0.05, 0.1) is 17.7 Å². The third-order valence-electron chi connectivity index (χ3n) is 4.54. The van der Waals surface area contributed by atoms with Crippen molar-refractivity contribution >= 4 is 22.2 Å². The van der Waals surface area contributed by atoms with E-state index in [0.717, 1.165) is 30.5 Å². The fourth-order valence-corrected chi connectivity index (χ4v) is 4.16. The third-order valence-corrected chi connectivity index (χ3v) is 5.24. The average Bonchev–Trinajstić information content (AvgIpc) is 3.24. The second kappa shape index (κ2) is 5.58. The highest BCUT2D eigenvalue weighted by Gasteiger charge is 2.27. The van der Waals surface area contributed by atoms with E-state index in [9.17, 15) is 4.79 Å². The summed E-state index contributed by atoms with van der Waals surface area (Å²) in [5.74, 6) is 0.645. The third kappa shape index (κ3) is 2.40. The van der Waals surface area contributed by atoms with E-state index < -0.39 is 0 Å². The lowest BCUT2D eigenvalue weighted by Gasteiger charge is -2.24. The summed E-state index contributed by atoms with van der Waals surface area (Å²) in [4.78, 5) is 14.9. The lowest BCUT2D eigenvalue weighted by atomic mass is 10.1. The fourth-order valence-electron chi connectivity index (χ4n) is 3.45. The molecule has 23 heavy (non-hydrogen) atoms. The molecule has 1 saturated heterocycles. The number of rotatable bonds is 3. The molecule has 0 radical (unpaired) electrons. The number of nitrogens with zero attached hydrogens (tertiary/aromatic N) is 4. The van der Waals surface area contributed by atoms with Crippen LogP contribution in [0.3, 0.4) is 0 Å². The molecule has 1 aliphatic rings. The highest BCUT2D eigenvalue weighted by molar-refractivity contribution is 7.07. The molecule has 1 atom stereocenters. The largest absolute Gasteiger partial charge is 0.360 e. The van der Waals surface area contributed by atoms with Crippen LogP contribution in [0, 0.1) is 13.8 Å². The van der Waals surface area contributed by atoms with E-state index >= 15 is 0 Å². The zero-order chi connectivity index (χ0) is 16.0. The quantitative estimate of drug-likeness (QED) is 0.739. The highest BCUT2D eigenvalue weighted by atomic mass is 32.1. The molecule has 1 fully saturated rings. The van der Waals surface area contributed by atoms with Crippen molar-refractivity contribution in [3.63, 3.8) is 0 Å². The van der Waals surface area contributed by atoms with Crippen molar-refractivity contribution in [2.45, 2.75) is 39.4 Å². The van der Waals surface area contributed by atoms with E-state index in [1.54, 1.807) is 18.3 Å². The van der Waals surface area contributed by atoms with Crippen molar-refractivity contribution in [1.82, 2.24) is 19.8 Å². The van der Waals surface area contributed by atoms with Crippen LogP contribution in [0.2, 0.25) is 0 Å². The van der Waals surface area contributed by atoms with Crippen LogP contribution in [-0.4, -0.2) is 26.4 Å². The van der Waals surface area contributed by atoms with Crippen molar-refractivity contribution in [1.29, 1.82) is 0 Å². The summed E-state index contributed by atoms with van der Waals surface area (Å²) in [6, 6.07) is 2.53. The number of aromatic nitrogens is 3. The lowest BCUT2D eigenvalue weighted by Crippen LogP contribution is -2.34. The molecule has 0 aliphatic carbocycles. The van der Waals surface area contributed by atoms with Gasteiger partial charge in [-0.15, -0.1) is 0 Å². The minimum Gasteiger partial charge on any atom is -0.360 e. The number of hydrogen-bond acceptors (Lipinski definition) is 6. The maximum atomic E-state index is 12.6. The lowest BCUT2D eigenvalue weighted by molar-refractivity contribution is 0.187. The van der Waals surface area contributed by atoms with Gasteiger partial charge in [-0.2, -0.15) is 16.4 Å². The van der Waals surface area contributed by atoms with Gasteiger partial charge in [0.1, 0.15) is 5.76 Å². The van der Waals surface area contributed by atoms with Gasteiger partial charge in [0.25, 0.3) is 5.56 Å². The molecule has 0 amide bonds. The molecule has 6 nitrogen and oxygen atoms in total. The molecule has 7 heteroatoms. The molecule has 4 rings (SSSR count). The Morgan fingerprint density at radius 1 is 1.43 bits per heavy atom. The first-order chi connectivity index (χ1) is 11.1. The smallest absolute Gasteiger partial charge is 0.298 e. The normalized spacial score (nSPS) is 19.0. The Kier molecular flexibility index (Phi) is 3.54. The second-order valence-electron chi connectivity index (χ2n) is 6.02. The van der Waals surface area contributed by atoms with Gasteiger partial charge in [-0.05, 0) is 49.1 Å². The first kappa shape index (κ1) is 14.6. The van der Waals surface area contributed by atoms with Gasteiger partial charge in [-0.1, -0.05) is 5.16 Å². The minimum atomic E-state index is -0.182. The maximum absolute atomic E-state index is 12.6. The Hall–Kier alpha value is -1.99. The minimum absolute atomic E-state index is 0.182. The molecule has 4 heterocycles. The van der Waals surface area contributed by atoms with Crippen LogP contribution in [0.1, 0.15) is 35.9 Å². The van der Waals surface area contributed by atoms with Crippen molar-refractivity contribution in [3.05, 3.63) is 44.2 Å². The fraction of sp³-hybridized carbons (Fsp3) is 0.438. The monoisotopic (exact) mass is 330 g/mol. The molecular weight excluding hydrogens is 312 g/mol.